The average Bonchev–Trinajstić information content (AvgIpc) is 2.92. The number of benzene rings is 1. The highest BCUT2D eigenvalue weighted by molar-refractivity contribution is 5.30. The predicted molar refractivity (Wildman–Crippen MR) is 78.7 cm³/mol. The van der Waals surface area contributed by atoms with Crippen LogP contribution in [0.3, 0.4) is 0 Å². The molecule has 2 rings (SSSR count). The molecule has 4 nitrogen and oxygen atoms in total. The lowest BCUT2D eigenvalue weighted by Crippen LogP contribution is -2.38. The molecule has 19 heavy (non-hydrogen) atoms. The van der Waals surface area contributed by atoms with Gasteiger partial charge in [0.05, 0.1) is 7.11 Å². The molecule has 2 N–H and O–H groups in total. The molecule has 0 amide bonds. The fourth-order valence-corrected chi connectivity index (χ4v) is 2.55. The first-order valence-corrected chi connectivity index (χ1v) is 6.95. The zero-order valence-electron chi connectivity index (χ0n) is 12.1. The maximum absolute atomic E-state index is 5.31. The molecular weight excluding hydrogens is 238 g/mol. The Morgan fingerprint density at radius 3 is 2.95 bits per heavy atom. The van der Waals surface area contributed by atoms with Gasteiger partial charge >= 0.3 is 0 Å². The van der Waals surface area contributed by atoms with E-state index in [9.17, 15) is 0 Å². The molecule has 1 saturated heterocycles. The third kappa shape index (κ3) is 3.93. The Morgan fingerprint density at radius 2 is 2.32 bits per heavy atom. The van der Waals surface area contributed by atoms with Gasteiger partial charge in [-0.25, -0.2) is 0 Å². The third-order valence-electron chi connectivity index (χ3n) is 3.76. The van der Waals surface area contributed by atoms with Crippen molar-refractivity contribution in [3.8, 4) is 5.75 Å². The van der Waals surface area contributed by atoms with Gasteiger partial charge in [-0.05, 0) is 44.8 Å². The number of nitrogens with zero attached hydrogens (tertiary/aromatic N) is 1. The van der Waals surface area contributed by atoms with Gasteiger partial charge < -0.3 is 20.3 Å². The van der Waals surface area contributed by atoms with Crippen LogP contribution < -0.4 is 15.4 Å². The van der Waals surface area contributed by atoms with Crippen molar-refractivity contribution in [3.63, 3.8) is 0 Å². The average molecular weight is 263 g/mol. The van der Waals surface area contributed by atoms with E-state index in [0.29, 0.717) is 12.1 Å². The molecule has 1 aliphatic rings. The lowest BCUT2D eigenvalue weighted by molar-refractivity contribution is 0.280. The van der Waals surface area contributed by atoms with E-state index in [1.807, 2.05) is 6.07 Å². The summed E-state index contributed by atoms with van der Waals surface area (Å²) >= 11 is 0. The van der Waals surface area contributed by atoms with Crippen molar-refractivity contribution in [2.24, 2.45) is 0 Å². The standard InChI is InChI=1S/C15H25N3O/c1-18(2)15(11-17-13-7-8-16-10-13)12-5-4-6-14(9-12)19-3/h4-6,9,13,15-17H,7-8,10-11H2,1-3H3. The van der Waals surface area contributed by atoms with Gasteiger partial charge in [-0.1, -0.05) is 12.1 Å². The van der Waals surface area contributed by atoms with Crippen molar-refractivity contribution in [2.75, 3.05) is 40.8 Å². The van der Waals surface area contributed by atoms with E-state index >= 15 is 0 Å². The van der Waals surface area contributed by atoms with Gasteiger partial charge in [0.1, 0.15) is 5.75 Å². The second-order valence-electron chi connectivity index (χ2n) is 5.35. The van der Waals surface area contributed by atoms with E-state index in [1.165, 1.54) is 12.0 Å². The van der Waals surface area contributed by atoms with E-state index in [1.54, 1.807) is 7.11 Å². The quantitative estimate of drug-likeness (QED) is 0.810. The minimum Gasteiger partial charge on any atom is -0.497 e. The molecule has 0 bridgehead atoms. The van der Waals surface area contributed by atoms with Crippen LogP contribution in [0.4, 0.5) is 0 Å². The Bertz CT molecular complexity index is 389. The summed E-state index contributed by atoms with van der Waals surface area (Å²) in [6.07, 6.45) is 1.22. The number of methoxy groups -OCH3 is 1. The second-order valence-corrected chi connectivity index (χ2v) is 5.35. The van der Waals surface area contributed by atoms with Crippen molar-refractivity contribution in [1.82, 2.24) is 15.5 Å². The van der Waals surface area contributed by atoms with E-state index in [4.69, 9.17) is 4.74 Å². The molecule has 106 valence electrons. The molecule has 0 saturated carbocycles. The van der Waals surface area contributed by atoms with Crippen molar-refractivity contribution in [2.45, 2.75) is 18.5 Å². The highest BCUT2D eigenvalue weighted by atomic mass is 16.5. The summed E-state index contributed by atoms with van der Waals surface area (Å²) in [7, 11) is 5.96. The molecule has 0 spiro atoms. The Morgan fingerprint density at radius 1 is 1.47 bits per heavy atom. The first kappa shape index (κ1) is 14.3. The van der Waals surface area contributed by atoms with Crippen LogP contribution in [0.25, 0.3) is 0 Å². The van der Waals surface area contributed by atoms with Crippen LogP contribution >= 0.6 is 0 Å². The van der Waals surface area contributed by atoms with Gasteiger partial charge in [0.2, 0.25) is 0 Å². The van der Waals surface area contributed by atoms with Crippen LogP contribution in [0.2, 0.25) is 0 Å². The number of nitrogens with one attached hydrogen (secondary N) is 2. The second kappa shape index (κ2) is 6.89. The topological polar surface area (TPSA) is 36.5 Å². The summed E-state index contributed by atoms with van der Waals surface area (Å²) < 4.78 is 5.31. The number of hydrogen-bond donors (Lipinski definition) is 2. The molecule has 2 unspecified atom stereocenters. The summed E-state index contributed by atoms with van der Waals surface area (Å²) in [4.78, 5) is 2.25. The number of rotatable bonds is 6. The summed E-state index contributed by atoms with van der Waals surface area (Å²) in [6, 6.07) is 9.32. The van der Waals surface area contributed by atoms with E-state index in [0.717, 1.165) is 25.4 Å². The van der Waals surface area contributed by atoms with Crippen LogP contribution in [0.5, 0.6) is 5.75 Å². The van der Waals surface area contributed by atoms with Crippen LogP contribution in [-0.2, 0) is 0 Å². The van der Waals surface area contributed by atoms with Crippen LogP contribution in [0, 0.1) is 0 Å². The summed E-state index contributed by atoms with van der Waals surface area (Å²) in [5.74, 6) is 0.923. The van der Waals surface area contributed by atoms with Crippen molar-refractivity contribution in [1.29, 1.82) is 0 Å². The molecule has 1 aromatic carbocycles. The Labute approximate surface area is 116 Å². The first-order chi connectivity index (χ1) is 9.20. The highest BCUT2D eigenvalue weighted by Gasteiger charge is 2.19. The van der Waals surface area contributed by atoms with E-state index < -0.39 is 0 Å². The third-order valence-corrected chi connectivity index (χ3v) is 3.76. The summed E-state index contributed by atoms with van der Waals surface area (Å²) in [5, 5.41) is 7.04. The number of hydrogen-bond acceptors (Lipinski definition) is 4. The molecule has 0 aliphatic carbocycles. The largest absolute Gasteiger partial charge is 0.497 e. The van der Waals surface area contributed by atoms with Gasteiger partial charge in [0.25, 0.3) is 0 Å². The molecule has 1 fully saturated rings. The number of ether oxygens (including phenoxy) is 1. The first-order valence-electron chi connectivity index (χ1n) is 6.95. The normalized spacial score (nSPS) is 20.7. The van der Waals surface area contributed by atoms with Gasteiger partial charge in [0.15, 0.2) is 0 Å². The monoisotopic (exact) mass is 263 g/mol. The molecule has 1 aliphatic heterocycles. The van der Waals surface area contributed by atoms with Crippen LogP contribution in [-0.4, -0.2) is 51.8 Å². The minimum absolute atomic E-state index is 0.371. The maximum Gasteiger partial charge on any atom is 0.119 e. The smallest absolute Gasteiger partial charge is 0.119 e. The molecule has 0 radical (unpaired) electrons. The van der Waals surface area contributed by atoms with Crippen molar-refractivity contribution >= 4 is 0 Å². The van der Waals surface area contributed by atoms with Crippen molar-refractivity contribution in [3.05, 3.63) is 29.8 Å². The fourth-order valence-electron chi connectivity index (χ4n) is 2.55. The summed E-state index contributed by atoms with van der Waals surface area (Å²) in [6.45, 7) is 3.17. The molecule has 4 heteroatoms. The minimum atomic E-state index is 0.371. The van der Waals surface area contributed by atoms with Crippen LogP contribution in [0.1, 0.15) is 18.0 Å². The Hall–Kier alpha value is -1.10. The SMILES string of the molecule is COc1cccc(C(CNC2CCNC2)N(C)C)c1. The molecule has 1 heterocycles. The molecule has 0 aromatic heterocycles. The Balaban J connectivity index is 2.01. The molecule has 1 aromatic rings. The van der Waals surface area contributed by atoms with Crippen LogP contribution in [0.15, 0.2) is 24.3 Å². The van der Waals surface area contributed by atoms with Gasteiger partial charge in [-0.3, -0.25) is 0 Å². The van der Waals surface area contributed by atoms with Gasteiger partial charge in [0, 0.05) is 25.2 Å². The van der Waals surface area contributed by atoms with Crippen molar-refractivity contribution < 1.29 is 4.74 Å². The lowest BCUT2D eigenvalue weighted by atomic mass is 10.0. The van der Waals surface area contributed by atoms with E-state index in [2.05, 4.69) is 47.8 Å². The predicted octanol–water partition coefficient (Wildman–Crippen LogP) is 1.25. The zero-order chi connectivity index (χ0) is 13.7. The zero-order valence-corrected chi connectivity index (χ0v) is 12.1. The molecule has 2 atom stereocenters. The lowest BCUT2D eigenvalue weighted by Gasteiger charge is -2.27. The molecular formula is C15H25N3O. The highest BCUT2D eigenvalue weighted by Crippen LogP contribution is 2.22. The van der Waals surface area contributed by atoms with Gasteiger partial charge in [-0.2, -0.15) is 0 Å². The van der Waals surface area contributed by atoms with Gasteiger partial charge in [-0.15, -0.1) is 0 Å². The Kier molecular flexibility index (Phi) is 5.19. The number of likely N-dealkylation sites (N-methyl/N-ethyl adjacent to an activating group) is 1. The van der Waals surface area contributed by atoms with E-state index in [-0.39, 0.29) is 0 Å². The maximum atomic E-state index is 5.31. The fraction of sp³-hybridized carbons (Fsp3) is 0.600. The summed E-state index contributed by atoms with van der Waals surface area (Å²) in [5.41, 5.74) is 1.29.